The Morgan fingerprint density at radius 1 is 1.14 bits per heavy atom. The lowest BCUT2D eigenvalue weighted by molar-refractivity contribution is 0.603. The molecule has 7 nitrogen and oxygen atoms in total. The first-order valence-corrected chi connectivity index (χ1v) is 10.3. The molecule has 3 aromatic rings. The number of hydrogen-bond acceptors (Lipinski definition) is 4. The predicted molar refractivity (Wildman–Crippen MR) is 112 cm³/mol. The van der Waals surface area contributed by atoms with Crippen molar-refractivity contribution in [2.45, 2.75) is 18.3 Å². The summed E-state index contributed by atoms with van der Waals surface area (Å²) in [6.07, 6.45) is 2.04. The number of halogens is 2. The molecule has 0 atom stereocenters. The van der Waals surface area contributed by atoms with Crippen LogP contribution >= 0.6 is 24.0 Å². The zero-order valence-corrected chi connectivity index (χ0v) is 17.4. The Morgan fingerprint density at radius 3 is 2.39 bits per heavy atom. The first kappa shape index (κ1) is 20.6. The lowest BCUT2D eigenvalue weighted by Gasteiger charge is -2.15. The Hall–Kier alpha value is -2.13. The predicted octanol–water partition coefficient (Wildman–Crippen LogP) is 3.25. The van der Waals surface area contributed by atoms with Crippen molar-refractivity contribution in [2.75, 3.05) is 4.72 Å². The fourth-order valence-corrected chi connectivity index (χ4v) is 4.15. The van der Waals surface area contributed by atoms with E-state index in [1.807, 2.05) is 29.8 Å². The quantitative estimate of drug-likeness (QED) is 0.636. The third-order valence-corrected chi connectivity index (χ3v) is 5.68. The number of aromatic nitrogens is 3. The van der Waals surface area contributed by atoms with Gasteiger partial charge in [0.25, 0.3) is 10.2 Å². The number of rotatable bonds is 5. The maximum Gasteiger partial charge on any atom is 0.296 e. The monoisotopic (exact) mass is 439 g/mol. The van der Waals surface area contributed by atoms with Crippen LogP contribution in [0.25, 0.3) is 11.4 Å². The summed E-state index contributed by atoms with van der Waals surface area (Å²) in [5.41, 5.74) is 2.08. The van der Waals surface area contributed by atoms with E-state index in [-0.39, 0.29) is 23.5 Å². The molecule has 1 fully saturated rings. The van der Waals surface area contributed by atoms with E-state index in [0.29, 0.717) is 16.4 Å². The van der Waals surface area contributed by atoms with Gasteiger partial charge in [0.15, 0.2) is 5.82 Å². The van der Waals surface area contributed by atoms with Gasteiger partial charge >= 0.3 is 0 Å². The fourth-order valence-electron chi connectivity index (χ4n) is 3.43. The van der Waals surface area contributed by atoms with Crippen LogP contribution in [0.2, 0.25) is 5.02 Å². The summed E-state index contributed by atoms with van der Waals surface area (Å²) in [4.78, 5) is 0. The molecule has 10 heteroatoms. The normalized spacial score (nSPS) is 15.0. The summed E-state index contributed by atoms with van der Waals surface area (Å²) in [5, 5.41) is 14.1. The summed E-state index contributed by atoms with van der Waals surface area (Å²) in [6.45, 7) is 0. The van der Waals surface area contributed by atoms with Crippen molar-refractivity contribution >= 4 is 39.9 Å². The van der Waals surface area contributed by atoms with E-state index in [4.69, 9.17) is 16.7 Å². The second-order valence-electron chi connectivity index (χ2n) is 6.70. The van der Waals surface area contributed by atoms with E-state index in [2.05, 4.69) is 27.1 Å². The Kier molecular flexibility index (Phi) is 5.42. The minimum absolute atomic E-state index is 0. The molecule has 0 saturated heterocycles. The molecule has 1 aliphatic carbocycles. The number of nitrogens with two attached hydrogens (primary N) is 1. The topological polar surface area (TPSA) is 103 Å². The highest BCUT2D eigenvalue weighted by atomic mass is 35.5. The summed E-state index contributed by atoms with van der Waals surface area (Å²) >= 11 is 6.36. The minimum atomic E-state index is -3.86. The van der Waals surface area contributed by atoms with Gasteiger partial charge in [-0.3, -0.25) is 4.72 Å². The van der Waals surface area contributed by atoms with Crippen LogP contribution in [-0.4, -0.2) is 23.2 Å². The van der Waals surface area contributed by atoms with Crippen LogP contribution in [0.5, 0.6) is 0 Å². The van der Waals surface area contributed by atoms with Crippen LogP contribution in [0.4, 0.5) is 5.69 Å². The van der Waals surface area contributed by atoms with E-state index in [0.717, 1.165) is 18.7 Å². The molecule has 0 aliphatic heterocycles. The molecular formula is C18H19Cl2N5O2S. The average molecular weight is 440 g/mol. The first-order valence-electron chi connectivity index (χ1n) is 8.36. The van der Waals surface area contributed by atoms with Crippen LogP contribution in [0.1, 0.15) is 24.2 Å². The Bertz CT molecular complexity index is 1110. The van der Waals surface area contributed by atoms with Gasteiger partial charge in [0.1, 0.15) is 5.82 Å². The van der Waals surface area contributed by atoms with Crippen LogP contribution in [0.15, 0.2) is 48.5 Å². The highest BCUT2D eigenvalue weighted by Crippen LogP contribution is 2.53. The molecule has 1 aromatic heterocycles. The van der Waals surface area contributed by atoms with Gasteiger partial charge in [0.05, 0.1) is 16.1 Å². The van der Waals surface area contributed by atoms with Crippen molar-refractivity contribution in [3.05, 3.63) is 64.9 Å². The maximum atomic E-state index is 11.2. The molecular weight excluding hydrogens is 421 g/mol. The SMILES string of the molecule is Cl.Cn1c(-c2ccc(NS(N)(=O)=O)cc2Cl)nnc1C1(c2ccccc2)CC1. The lowest BCUT2D eigenvalue weighted by Crippen LogP contribution is -2.21. The van der Waals surface area contributed by atoms with E-state index < -0.39 is 10.2 Å². The number of nitrogens with one attached hydrogen (secondary N) is 1. The van der Waals surface area contributed by atoms with E-state index >= 15 is 0 Å². The molecule has 1 saturated carbocycles. The zero-order valence-electron chi connectivity index (χ0n) is 15.0. The van der Waals surface area contributed by atoms with Crippen molar-refractivity contribution in [3.8, 4) is 11.4 Å². The molecule has 0 spiro atoms. The highest BCUT2D eigenvalue weighted by molar-refractivity contribution is 7.90. The van der Waals surface area contributed by atoms with Gasteiger partial charge in [-0.05, 0) is 36.6 Å². The standard InChI is InChI=1S/C18H18ClN5O2S.ClH/c1-24-16(14-8-7-13(11-15(14)19)23-27(20,25)26)21-22-17(24)18(9-10-18)12-5-3-2-4-6-12;/h2-8,11,23H,9-10H2,1H3,(H2,20,25,26);1H. The smallest absolute Gasteiger partial charge is 0.296 e. The van der Waals surface area contributed by atoms with Gasteiger partial charge in [-0.1, -0.05) is 41.9 Å². The summed E-state index contributed by atoms with van der Waals surface area (Å²) in [6, 6.07) is 15.1. The fraction of sp³-hybridized carbons (Fsp3) is 0.222. The summed E-state index contributed by atoms with van der Waals surface area (Å²) in [5.74, 6) is 1.52. The third kappa shape index (κ3) is 3.73. The van der Waals surface area contributed by atoms with E-state index in [1.54, 1.807) is 12.1 Å². The highest BCUT2D eigenvalue weighted by Gasteiger charge is 2.49. The van der Waals surface area contributed by atoms with Crippen molar-refractivity contribution in [1.82, 2.24) is 14.8 Å². The molecule has 1 heterocycles. The van der Waals surface area contributed by atoms with Gasteiger partial charge in [-0.25, -0.2) is 5.14 Å². The minimum Gasteiger partial charge on any atom is -0.313 e. The van der Waals surface area contributed by atoms with Gasteiger partial charge in [-0.2, -0.15) is 8.42 Å². The number of hydrogen-bond donors (Lipinski definition) is 2. The second-order valence-corrected chi connectivity index (χ2v) is 8.40. The van der Waals surface area contributed by atoms with Gasteiger partial charge in [0.2, 0.25) is 0 Å². The molecule has 1 aliphatic rings. The molecule has 0 bridgehead atoms. The van der Waals surface area contributed by atoms with Gasteiger partial charge < -0.3 is 4.57 Å². The molecule has 3 N–H and O–H groups in total. The van der Waals surface area contributed by atoms with Crippen molar-refractivity contribution < 1.29 is 8.42 Å². The Labute approximate surface area is 174 Å². The molecule has 148 valence electrons. The number of benzene rings is 2. The van der Waals surface area contributed by atoms with Crippen LogP contribution in [0.3, 0.4) is 0 Å². The molecule has 28 heavy (non-hydrogen) atoms. The molecule has 0 amide bonds. The first-order chi connectivity index (χ1) is 12.8. The van der Waals surface area contributed by atoms with Gasteiger partial charge in [0, 0.05) is 12.6 Å². The summed E-state index contributed by atoms with van der Waals surface area (Å²) in [7, 11) is -1.94. The zero-order chi connectivity index (χ0) is 19.2. The van der Waals surface area contributed by atoms with Crippen LogP contribution in [0, 0.1) is 0 Å². The van der Waals surface area contributed by atoms with Crippen LogP contribution in [-0.2, 0) is 22.7 Å². The van der Waals surface area contributed by atoms with E-state index in [1.165, 1.54) is 11.6 Å². The van der Waals surface area contributed by atoms with E-state index in [9.17, 15) is 8.42 Å². The molecule has 0 radical (unpaired) electrons. The van der Waals surface area contributed by atoms with Crippen molar-refractivity contribution in [2.24, 2.45) is 12.2 Å². The summed E-state index contributed by atoms with van der Waals surface area (Å²) < 4.78 is 26.5. The van der Waals surface area contributed by atoms with Crippen molar-refractivity contribution in [3.63, 3.8) is 0 Å². The Morgan fingerprint density at radius 2 is 1.82 bits per heavy atom. The molecule has 0 unspecified atom stereocenters. The lowest BCUT2D eigenvalue weighted by atomic mass is 9.95. The molecule has 2 aromatic carbocycles. The second kappa shape index (κ2) is 7.36. The number of nitrogens with zero attached hydrogens (tertiary/aromatic N) is 3. The average Bonchev–Trinajstić information content (AvgIpc) is 3.32. The maximum absolute atomic E-state index is 11.2. The van der Waals surface area contributed by atoms with Crippen LogP contribution < -0.4 is 9.86 Å². The van der Waals surface area contributed by atoms with Crippen molar-refractivity contribution in [1.29, 1.82) is 0 Å². The largest absolute Gasteiger partial charge is 0.313 e. The molecule has 4 rings (SSSR count). The number of anilines is 1. The third-order valence-electron chi connectivity index (χ3n) is 4.85. The Balaban J connectivity index is 0.00000225. The van der Waals surface area contributed by atoms with Gasteiger partial charge in [-0.15, -0.1) is 22.6 Å².